The molecule has 0 saturated carbocycles. The molecule has 14 heavy (non-hydrogen) atoms. The summed E-state index contributed by atoms with van der Waals surface area (Å²) >= 11 is 0. The number of amides is 2. The molecule has 1 rings (SSSR count). The largest absolute Gasteiger partial charge is 0.481 e. The van der Waals surface area contributed by atoms with Gasteiger partial charge in [0.05, 0.1) is 6.42 Å². The summed E-state index contributed by atoms with van der Waals surface area (Å²) in [5, 5.41) is 8.48. The molecule has 0 aromatic heterocycles. The fourth-order valence-corrected chi connectivity index (χ4v) is 1.11. The van der Waals surface area contributed by atoms with Gasteiger partial charge in [0.2, 0.25) is 0 Å². The number of carboxylic acid groups (broad SMARTS) is 1. The number of hydrogen-bond acceptors (Lipinski definition) is 3. The Bertz CT molecular complexity index is 345. The molecule has 1 atom stereocenters. The van der Waals surface area contributed by atoms with E-state index in [-0.39, 0.29) is 0 Å². The quantitative estimate of drug-likeness (QED) is 0.479. The Hall–Kier alpha value is -2.09. The van der Waals surface area contributed by atoms with Gasteiger partial charge in [-0.1, -0.05) is 5.92 Å². The zero-order valence-corrected chi connectivity index (χ0v) is 7.14. The maximum atomic E-state index is 11.1. The number of carboxylic acids is 1. The molecule has 0 fully saturated rings. The summed E-state index contributed by atoms with van der Waals surface area (Å²) < 4.78 is 0. The van der Waals surface area contributed by atoms with Crippen molar-refractivity contribution in [2.24, 2.45) is 0 Å². The van der Waals surface area contributed by atoms with E-state index < -0.39 is 30.2 Å². The Balaban J connectivity index is 2.81. The molecule has 0 saturated heterocycles. The molecule has 0 spiro atoms. The van der Waals surface area contributed by atoms with Crippen molar-refractivity contribution in [1.82, 2.24) is 4.90 Å². The van der Waals surface area contributed by atoms with Gasteiger partial charge < -0.3 is 5.11 Å². The first-order valence-corrected chi connectivity index (χ1v) is 3.79. The van der Waals surface area contributed by atoms with Crippen molar-refractivity contribution in [3.8, 4) is 12.3 Å². The van der Waals surface area contributed by atoms with E-state index in [4.69, 9.17) is 11.5 Å². The highest BCUT2D eigenvalue weighted by molar-refractivity contribution is 6.13. The lowest BCUT2D eigenvalue weighted by atomic mass is 10.2. The molecule has 2 amide bonds. The molecular weight excluding hydrogens is 186 g/mol. The van der Waals surface area contributed by atoms with Crippen molar-refractivity contribution in [1.29, 1.82) is 0 Å². The van der Waals surface area contributed by atoms with Gasteiger partial charge in [-0.3, -0.25) is 19.3 Å². The Labute approximate surface area is 80.0 Å². The Morgan fingerprint density at radius 3 is 2.36 bits per heavy atom. The van der Waals surface area contributed by atoms with E-state index >= 15 is 0 Å². The van der Waals surface area contributed by atoms with Gasteiger partial charge in [0.1, 0.15) is 6.04 Å². The molecule has 5 heteroatoms. The number of carbonyl (C=O) groups is 3. The van der Waals surface area contributed by atoms with E-state index in [1.807, 2.05) is 0 Å². The van der Waals surface area contributed by atoms with Crippen LogP contribution in [0.5, 0.6) is 0 Å². The second-order valence-corrected chi connectivity index (χ2v) is 2.66. The van der Waals surface area contributed by atoms with Crippen LogP contribution in [0.3, 0.4) is 0 Å². The van der Waals surface area contributed by atoms with Crippen molar-refractivity contribution in [3.05, 3.63) is 12.2 Å². The second-order valence-electron chi connectivity index (χ2n) is 2.66. The van der Waals surface area contributed by atoms with E-state index in [1.165, 1.54) is 0 Å². The zero-order chi connectivity index (χ0) is 10.7. The van der Waals surface area contributed by atoms with E-state index in [9.17, 15) is 14.4 Å². The molecule has 5 nitrogen and oxygen atoms in total. The van der Waals surface area contributed by atoms with Crippen LogP contribution in [0.2, 0.25) is 0 Å². The lowest BCUT2D eigenvalue weighted by Gasteiger charge is -2.19. The van der Waals surface area contributed by atoms with Crippen LogP contribution in [0.25, 0.3) is 0 Å². The van der Waals surface area contributed by atoms with Crippen LogP contribution in [0.15, 0.2) is 12.2 Å². The van der Waals surface area contributed by atoms with Gasteiger partial charge in [0.25, 0.3) is 11.8 Å². The van der Waals surface area contributed by atoms with Gasteiger partial charge in [-0.25, -0.2) is 0 Å². The monoisotopic (exact) mass is 193 g/mol. The summed E-state index contributed by atoms with van der Waals surface area (Å²) in [6.07, 6.45) is 6.73. The Morgan fingerprint density at radius 2 is 2.00 bits per heavy atom. The number of terminal acetylenes is 1. The number of imide groups is 1. The minimum atomic E-state index is -1.15. The van der Waals surface area contributed by atoms with Crippen LogP contribution >= 0.6 is 0 Å². The lowest BCUT2D eigenvalue weighted by Crippen LogP contribution is -2.40. The summed E-state index contributed by atoms with van der Waals surface area (Å²) in [4.78, 5) is 33.3. The Kier molecular flexibility index (Phi) is 2.67. The van der Waals surface area contributed by atoms with Gasteiger partial charge in [-0.15, -0.1) is 6.42 Å². The highest BCUT2D eigenvalue weighted by Crippen LogP contribution is 2.11. The van der Waals surface area contributed by atoms with Crippen LogP contribution in [0.4, 0.5) is 0 Å². The number of nitrogens with zero attached hydrogens (tertiary/aromatic N) is 1. The molecule has 0 radical (unpaired) electrons. The SMILES string of the molecule is C#CC(CC(=O)O)N1C(=O)C=CC1=O. The minimum Gasteiger partial charge on any atom is -0.481 e. The van der Waals surface area contributed by atoms with Crippen LogP contribution in [0, 0.1) is 12.3 Å². The van der Waals surface area contributed by atoms with E-state index in [2.05, 4.69) is 5.92 Å². The average Bonchev–Trinajstić information content (AvgIpc) is 2.43. The summed E-state index contributed by atoms with van der Waals surface area (Å²) in [7, 11) is 0. The summed E-state index contributed by atoms with van der Waals surface area (Å²) in [5.41, 5.74) is 0. The molecule has 1 heterocycles. The molecule has 1 aliphatic rings. The summed E-state index contributed by atoms with van der Waals surface area (Å²) in [6.45, 7) is 0. The number of rotatable bonds is 3. The normalized spacial score (nSPS) is 16.9. The third-order valence-corrected chi connectivity index (χ3v) is 1.72. The standard InChI is InChI=1S/C9H7NO4/c1-2-6(5-9(13)14)10-7(11)3-4-8(10)12/h1,3-4,6H,5H2,(H,13,14). The van der Waals surface area contributed by atoms with Gasteiger partial charge in [-0.2, -0.15) is 0 Å². The highest BCUT2D eigenvalue weighted by Gasteiger charge is 2.31. The van der Waals surface area contributed by atoms with E-state index in [0.717, 1.165) is 17.1 Å². The predicted octanol–water partition coefficient (Wildman–Crippen LogP) is -0.612. The first-order valence-electron chi connectivity index (χ1n) is 3.79. The maximum Gasteiger partial charge on any atom is 0.306 e. The van der Waals surface area contributed by atoms with E-state index in [1.54, 1.807) is 0 Å². The molecular formula is C9H7NO4. The molecule has 72 valence electrons. The molecule has 0 bridgehead atoms. The molecule has 1 N–H and O–H groups in total. The minimum absolute atomic E-state index is 0.435. The van der Waals surface area contributed by atoms with Crippen LogP contribution in [-0.4, -0.2) is 33.8 Å². The third kappa shape index (κ3) is 1.80. The van der Waals surface area contributed by atoms with Crippen molar-refractivity contribution in [2.75, 3.05) is 0 Å². The lowest BCUT2D eigenvalue weighted by molar-refractivity contribution is -0.141. The van der Waals surface area contributed by atoms with Crippen molar-refractivity contribution < 1.29 is 19.5 Å². The maximum absolute atomic E-state index is 11.1. The van der Waals surface area contributed by atoms with Crippen molar-refractivity contribution in [2.45, 2.75) is 12.5 Å². The fraction of sp³-hybridized carbons (Fsp3) is 0.222. The fourth-order valence-electron chi connectivity index (χ4n) is 1.11. The van der Waals surface area contributed by atoms with Crippen LogP contribution in [-0.2, 0) is 14.4 Å². The van der Waals surface area contributed by atoms with E-state index in [0.29, 0.717) is 0 Å². The third-order valence-electron chi connectivity index (χ3n) is 1.72. The van der Waals surface area contributed by atoms with Gasteiger partial charge in [0.15, 0.2) is 0 Å². The number of carbonyl (C=O) groups excluding carboxylic acids is 2. The number of hydrogen-bond donors (Lipinski definition) is 1. The predicted molar refractivity (Wildman–Crippen MR) is 45.9 cm³/mol. The second kappa shape index (κ2) is 3.75. The van der Waals surface area contributed by atoms with Gasteiger partial charge in [-0.05, 0) is 0 Å². The zero-order valence-electron chi connectivity index (χ0n) is 7.14. The molecule has 1 unspecified atom stereocenters. The first kappa shape index (κ1) is 9.99. The van der Waals surface area contributed by atoms with Crippen LogP contribution in [0.1, 0.15) is 6.42 Å². The Morgan fingerprint density at radius 1 is 1.50 bits per heavy atom. The number of aliphatic carboxylic acids is 1. The smallest absolute Gasteiger partial charge is 0.306 e. The first-order chi connectivity index (χ1) is 6.56. The summed E-state index contributed by atoms with van der Waals surface area (Å²) in [6, 6.07) is -1.01. The average molecular weight is 193 g/mol. The molecule has 0 aromatic carbocycles. The van der Waals surface area contributed by atoms with Gasteiger partial charge >= 0.3 is 5.97 Å². The molecule has 0 aromatic rings. The highest BCUT2D eigenvalue weighted by atomic mass is 16.4. The molecule has 1 aliphatic heterocycles. The topological polar surface area (TPSA) is 74.7 Å². The summed E-state index contributed by atoms with van der Waals surface area (Å²) in [5.74, 6) is -0.193. The van der Waals surface area contributed by atoms with Crippen LogP contribution < -0.4 is 0 Å². The van der Waals surface area contributed by atoms with Gasteiger partial charge in [0, 0.05) is 12.2 Å². The van der Waals surface area contributed by atoms with Crippen molar-refractivity contribution >= 4 is 17.8 Å². The molecule has 0 aliphatic carbocycles. The van der Waals surface area contributed by atoms with Crippen molar-refractivity contribution in [3.63, 3.8) is 0 Å².